The lowest BCUT2D eigenvalue weighted by molar-refractivity contribution is -0.163. The predicted octanol–water partition coefficient (Wildman–Crippen LogP) is 1.91. The standard InChI is InChI=1S/C18H27N3O4/c1-17(2,3)25-16(23)20-10-11-21(19)18(4,13-20)15(22)24-12-14-8-6-5-7-9-14/h5-9H,10-13,19H2,1-4H3. The summed E-state index contributed by atoms with van der Waals surface area (Å²) in [5.74, 6) is 5.56. The number of carbonyl (C=O) groups is 2. The molecular formula is C18H27N3O4. The van der Waals surface area contributed by atoms with Crippen LogP contribution < -0.4 is 5.84 Å². The first-order chi connectivity index (χ1) is 11.6. The van der Waals surface area contributed by atoms with Crippen LogP contribution in [0.1, 0.15) is 33.3 Å². The molecule has 0 aliphatic carbocycles. The Morgan fingerprint density at radius 3 is 2.44 bits per heavy atom. The van der Waals surface area contributed by atoms with Crippen LogP contribution in [0.5, 0.6) is 0 Å². The Labute approximate surface area is 148 Å². The molecule has 0 aromatic heterocycles. The minimum atomic E-state index is -1.12. The number of carbonyl (C=O) groups excluding carboxylic acids is 2. The number of esters is 1. The highest BCUT2D eigenvalue weighted by Gasteiger charge is 2.46. The van der Waals surface area contributed by atoms with E-state index in [1.165, 1.54) is 9.91 Å². The molecule has 1 aromatic rings. The van der Waals surface area contributed by atoms with Gasteiger partial charge in [0.2, 0.25) is 0 Å². The molecule has 7 nitrogen and oxygen atoms in total. The second-order valence-electron chi connectivity index (χ2n) is 7.43. The molecule has 1 atom stereocenters. The first-order valence-corrected chi connectivity index (χ1v) is 8.33. The number of hydrogen-bond donors (Lipinski definition) is 1. The summed E-state index contributed by atoms with van der Waals surface area (Å²) in [6, 6.07) is 9.41. The third-order valence-electron chi connectivity index (χ3n) is 4.05. The molecule has 1 fully saturated rings. The topological polar surface area (TPSA) is 85.1 Å². The summed E-state index contributed by atoms with van der Waals surface area (Å²) in [7, 11) is 0. The van der Waals surface area contributed by atoms with Gasteiger partial charge in [0.05, 0.1) is 6.54 Å². The van der Waals surface area contributed by atoms with Crippen LogP contribution in [-0.2, 0) is 20.9 Å². The van der Waals surface area contributed by atoms with Gasteiger partial charge in [-0.05, 0) is 33.3 Å². The van der Waals surface area contributed by atoms with Crippen LogP contribution in [0.3, 0.4) is 0 Å². The quantitative estimate of drug-likeness (QED) is 0.663. The minimum absolute atomic E-state index is 0.117. The van der Waals surface area contributed by atoms with E-state index in [1.807, 2.05) is 30.3 Å². The highest BCUT2D eigenvalue weighted by Crippen LogP contribution is 2.22. The second-order valence-corrected chi connectivity index (χ2v) is 7.43. The van der Waals surface area contributed by atoms with Gasteiger partial charge in [-0.1, -0.05) is 30.3 Å². The zero-order valence-corrected chi connectivity index (χ0v) is 15.3. The maximum Gasteiger partial charge on any atom is 0.410 e. The van der Waals surface area contributed by atoms with Gasteiger partial charge in [0, 0.05) is 13.1 Å². The summed E-state index contributed by atoms with van der Waals surface area (Å²) in [4.78, 5) is 26.4. The van der Waals surface area contributed by atoms with Crippen molar-refractivity contribution in [3.63, 3.8) is 0 Å². The molecule has 25 heavy (non-hydrogen) atoms. The van der Waals surface area contributed by atoms with Gasteiger partial charge in [-0.2, -0.15) is 0 Å². The van der Waals surface area contributed by atoms with Crippen molar-refractivity contribution >= 4 is 12.1 Å². The Hall–Kier alpha value is -2.12. The van der Waals surface area contributed by atoms with E-state index in [-0.39, 0.29) is 13.2 Å². The first kappa shape index (κ1) is 19.2. The lowest BCUT2D eigenvalue weighted by Gasteiger charge is -2.44. The van der Waals surface area contributed by atoms with E-state index in [1.54, 1.807) is 27.7 Å². The number of nitrogens with zero attached hydrogens (tertiary/aromatic N) is 2. The largest absolute Gasteiger partial charge is 0.459 e. The van der Waals surface area contributed by atoms with E-state index < -0.39 is 23.2 Å². The third-order valence-corrected chi connectivity index (χ3v) is 4.05. The minimum Gasteiger partial charge on any atom is -0.459 e. The lowest BCUT2D eigenvalue weighted by atomic mass is 9.98. The number of hydrogen-bond acceptors (Lipinski definition) is 6. The molecule has 1 unspecified atom stereocenters. The van der Waals surface area contributed by atoms with E-state index in [9.17, 15) is 9.59 Å². The van der Waals surface area contributed by atoms with Gasteiger partial charge in [-0.3, -0.25) is 5.84 Å². The molecule has 138 valence electrons. The second kappa shape index (κ2) is 7.41. The van der Waals surface area contributed by atoms with Gasteiger partial charge in [0.1, 0.15) is 17.7 Å². The van der Waals surface area contributed by atoms with Crippen LogP contribution in [0.2, 0.25) is 0 Å². The zero-order chi connectivity index (χ0) is 18.7. The van der Waals surface area contributed by atoms with Crippen LogP contribution in [0.25, 0.3) is 0 Å². The fraction of sp³-hybridized carbons (Fsp3) is 0.556. The van der Waals surface area contributed by atoms with E-state index in [0.717, 1.165) is 5.56 Å². The Kier molecular flexibility index (Phi) is 5.69. The summed E-state index contributed by atoms with van der Waals surface area (Å²) >= 11 is 0. The van der Waals surface area contributed by atoms with Crippen LogP contribution in [0, 0.1) is 0 Å². The highest BCUT2D eigenvalue weighted by molar-refractivity contribution is 5.82. The monoisotopic (exact) mass is 349 g/mol. The smallest absolute Gasteiger partial charge is 0.410 e. The Balaban J connectivity index is 2.03. The van der Waals surface area contributed by atoms with Crippen LogP contribution in [-0.4, -0.2) is 52.7 Å². The van der Waals surface area contributed by atoms with Crippen molar-refractivity contribution in [3.05, 3.63) is 35.9 Å². The predicted molar refractivity (Wildman–Crippen MR) is 93.3 cm³/mol. The SMILES string of the molecule is CC(C)(C)OC(=O)N1CCN(N)C(C)(C(=O)OCc2ccccc2)C1. The van der Waals surface area contributed by atoms with Gasteiger partial charge >= 0.3 is 12.1 Å². The summed E-state index contributed by atoms with van der Waals surface area (Å²) in [5.41, 5.74) is -0.826. The van der Waals surface area contributed by atoms with Gasteiger partial charge in [-0.25, -0.2) is 14.6 Å². The Bertz CT molecular complexity index is 614. The molecule has 1 aliphatic heterocycles. The average Bonchev–Trinajstić information content (AvgIpc) is 2.54. The first-order valence-electron chi connectivity index (χ1n) is 8.33. The van der Waals surface area contributed by atoms with Crippen molar-refractivity contribution in [1.82, 2.24) is 9.91 Å². The van der Waals surface area contributed by atoms with Gasteiger partial charge in [0.25, 0.3) is 0 Å². The van der Waals surface area contributed by atoms with Gasteiger partial charge < -0.3 is 14.4 Å². The molecule has 7 heteroatoms. The molecule has 2 N–H and O–H groups in total. The molecule has 0 saturated carbocycles. The highest BCUT2D eigenvalue weighted by atomic mass is 16.6. The van der Waals surface area contributed by atoms with Gasteiger partial charge in [0.15, 0.2) is 0 Å². The molecule has 2 rings (SSSR count). The van der Waals surface area contributed by atoms with Crippen LogP contribution in [0.4, 0.5) is 4.79 Å². The molecule has 1 heterocycles. The van der Waals surface area contributed by atoms with Crippen molar-refractivity contribution in [2.45, 2.75) is 45.4 Å². The van der Waals surface area contributed by atoms with E-state index in [2.05, 4.69) is 0 Å². The number of hydrazine groups is 1. The fourth-order valence-electron chi connectivity index (χ4n) is 2.56. The van der Waals surface area contributed by atoms with Crippen molar-refractivity contribution in [3.8, 4) is 0 Å². The maximum atomic E-state index is 12.6. The van der Waals surface area contributed by atoms with E-state index in [0.29, 0.717) is 13.1 Å². The molecule has 0 spiro atoms. The normalized spacial score (nSPS) is 21.7. The number of nitrogens with two attached hydrogens (primary N) is 1. The number of benzene rings is 1. The van der Waals surface area contributed by atoms with Crippen molar-refractivity contribution in [1.29, 1.82) is 0 Å². The van der Waals surface area contributed by atoms with Crippen LogP contribution >= 0.6 is 0 Å². The molecular weight excluding hydrogens is 322 g/mol. The summed E-state index contributed by atoms with van der Waals surface area (Å²) in [6.07, 6.45) is -0.456. The Morgan fingerprint density at radius 2 is 1.84 bits per heavy atom. The number of amides is 1. The van der Waals surface area contributed by atoms with E-state index in [4.69, 9.17) is 15.3 Å². The molecule has 1 aromatic carbocycles. The lowest BCUT2D eigenvalue weighted by Crippen LogP contribution is -2.68. The summed E-state index contributed by atoms with van der Waals surface area (Å²) in [6.45, 7) is 8.12. The zero-order valence-electron chi connectivity index (χ0n) is 15.3. The van der Waals surface area contributed by atoms with Crippen LogP contribution in [0.15, 0.2) is 30.3 Å². The molecule has 1 aliphatic rings. The number of piperazine rings is 1. The summed E-state index contributed by atoms with van der Waals surface area (Å²) in [5, 5.41) is 1.43. The molecule has 0 bridgehead atoms. The van der Waals surface area contributed by atoms with Crippen molar-refractivity contribution in [2.75, 3.05) is 19.6 Å². The molecule has 0 radical (unpaired) electrons. The maximum absolute atomic E-state index is 12.6. The third kappa shape index (κ3) is 4.93. The molecule has 1 saturated heterocycles. The number of rotatable bonds is 3. The van der Waals surface area contributed by atoms with Crippen molar-refractivity contribution < 1.29 is 19.1 Å². The fourth-order valence-corrected chi connectivity index (χ4v) is 2.56. The average molecular weight is 349 g/mol. The Morgan fingerprint density at radius 1 is 1.20 bits per heavy atom. The van der Waals surface area contributed by atoms with E-state index >= 15 is 0 Å². The summed E-state index contributed by atoms with van der Waals surface area (Å²) < 4.78 is 10.8. The number of ether oxygens (including phenoxy) is 2. The van der Waals surface area contributed by atoms with Crippen molar-refractivity contribution in [2.24, 2.45) is 5.84 Å². The van der Waals surface area contributed by atoms with Gasteiger partial charge in [-0.15, -0.1) is 0 Å². The molecule has 1 amide bonds.